The van der Waals surface area contributed by atoms with Crippen LogP contribution in [0.2, 0.25) is 0 Å². The largest absolute Gasteiger partial charge is 0.311 e. The summed E-state index contributed by atoms with van der Waals surface area (Å²) in [6.07, 6.45) is 16.2. The zero-order valence-electron chi connectivity index (χ0n) is 18.7. The van der Waals surface area contributed by atoms with E-state index in [4.69, 9.17) is 0 Å². The molecule has 1 heterocycles. The van der Waals surface area contributed by atoms with Gasteiger partial charge in [-0.25, -0.2) is 0 Å². The molecule has 1 aromatic heterocycles. The van der Waals surface area contributed by atoms with Gasteiger partial charge in [-0.3, -0.25) is 4.79 Å². The van der Waals surface area contributed by atoms with Crippen molar-refractivity contribution in [1.29, 1.82) is 0 Å². The molecule has 1 unspecified atom stereocenters. The maximum atomic E-state index is 12.7. The molecule has 1 atom stereocenters. The van der Waals surface area contributed by atoms with Gasteiger partial charge in [-0.15, -0.1) is 11.3 Å². The van der Waals surface area contributed by atoms with E-state index in [1.54, 1.807) is 11.3 Å². The molecule has 0 aliphatic carbocycles. The highest BCUT2D eigenvalue weighted by molar-refractivity contribution is 7.11. The van der Waals surface area contributed by atoms with E-state index in [-0.39, 0.29) is 5.91 Å². The summed E-state index contributed by atoms with van der Waals surface area (Å²) >= 11 is 1.67. The van der Waals surface area contributed by atoms with Gasteiger partial charge in [0.05, 0.1) is 10.6 Å². The minimum atomic E-state index is 0.208. The second-order valence-electron chi connectivity index (χ2n) is 8.05. The number of nitrogens with zero attached hydrogens (tertiary/aromatic N) is 1. The van der Waals surface area contributed by atoms with Gasteiger partial charge in [0.25, 0.3) is 0 Å². The maximum Gasteiger partial charge on any atom is 0.226 e. The number of amides is 1. The SMILES string of the molecule is C=C(c1cccs1)N(CC(CCCCCC)CCCCCCCC)C(=O)CC. The van der Waals surface area contributed by atoms with Gasteiger partial charge in [0.1, 0.15) is 0 Å². The summed E-state index contributed by atoms with van der Waals surface area (Å²) in [5.41, 5.74) is 0.892. The van der Waals surface area contributed by atoms with Crippen LogP contribution in [0.1, 0.15) is 109 Å². The van der Waals surface area contributed by atoms with Crippen LogP contribution in [0.4, 0.5) is 0 Å². The Morgan fingerprint density at radius 2 is 1.54 bits per heavy atom. The molecule has 0 spiro atoms. The van der Waals surface area contributed by atoms with Crippen molar-refractivity contribution >= 4 is 22.9 Å². The van der Waals surface area contributed by atoms with Crippen LogP contribution in [0.3, 0.4) is 0 Å². The van der Waals surface area contributed by atoms with E-state index in [0.29, 0.717) is 12.3 Å². The molecule has 1 aromatic rings. The van der Waals surface area contributed by atoms with Gasteiger partial charge in [-0.1, -0.05) is 97.6 Å². The molecule has 0 bridgehead atoms. The second kappa shape index (κ2) is 15.8. The van der Waals surface area contributed by atoms with Crippen LogP contribution in [-0.4, -0.2) is 17.4 Å². The quantitative estimate of drug-likeness (QED) is 0.239. The predicted octanol–water partition coefficient (Wildman–Crippen LogP) is 8.29. The average molecular weight is 406 g/mol. The number of unbranched alkanes of at least 4 members (excludes halogenated alkanes) is 8. The van der Waals surface area contributed by atoms with E-state index in [2.05, 4.69) is 31.9 Å². The summed E-state index contributed by atoms with van der Waals surface area (Å²) < 4.78 is 0. The molecule has 1 amide bonds. The van der Waals surface area contributed by atoms with Crippen molar-refractivity contribution in [1.82, 2.24) is 4.90 Å². The first kappa shape index (κ1) is 24.9. The molecule has 28 heavy (non-hydrogen) atoms. The molecule has 0 N–H and O–H groups in total. The first-order valence-corrected chi connectivity index (χ1v) is 12.5. The van der Waals surface area contributed by atoms with Crippen molar-refractivity contribution in [2.45, 2.75) is 104 Å². The maximum absolute atomic E-state index is 12.7. The van der Waals surface area contributed by atoms with Crippen LogP contribution in [-0.2, 0) is 4.79 Å². The summed E-state index contributed by atoms with van der Waals surface area (Å²) in [7, 11) is 0. The Balaban J connectivity index is 2.66. The fraction of sp³-hybridized carbons (Fsp3) is 0.720. The van der Waals surface area contributed by atoms with Crippen molar-refractivity contribution in [3.05, 3.63) is 29.0 Å². The molecule has 0 aromatic carbocycles. The lowest BCUT2D eigenvalue weighted by Gasteiger charge is -2.29. The molecule has 0 radical (unpaired) electrons. The molecule has 2 nitrogen and oxygen atoms in total. The number of carbonyl (C=O) groups is 1. The monoisotopic (exact) mass is 405 g/mol. The first-order chi connectivity index (χ1) is 13.6. The van der Waals surface area contributed by atoms with E-state index in [9.17, 15) is 4.79 Å². The van der Waals surface area contributed by atoms with Gasteiger partial charge in [0.2, 0.25) is 5.91 Å². The zero-order chi connectivity index (χ0) is 20.6. The van der Waals surface area contributed by atoms with Gasteiger partial charge in [-0.2, -0.15) is 0 Å². The van der Waals surface area contributed by atoms with Crippen LogP contribution < -0.4 is 0 Å². The van der Waals surface area contributed by atoms with Crippen LogP contribution in [0.15, 0.2) is 24.1 Å². The van der Waals surface area contributed by atoms with Crippen LogP contribution >= 0.6 is 11.3 Å². The van der Waals surface area contributed by atoms with E-state index in [1.165, 1.54) is 77.0 Å². The summed E-state index contributed by atoms with van der Waals surface area (Å²) in [5.74, 6) is 0.801. The van der Waals surface area contributed by atoms with Gasteiger partial charge < -0.3 is 4.90 Å². The minimum Gasteiger partial charge on any atom is -0.311 e. The molecule has 0 aliphatic heterocycles. The smallest absolute Gasteiger partial charge is 0.226 e. The molecule has 0 saturated heterocycles. The number of hydrogen-bond acceptors (Lipinski definition) is 2. The van der Waals surface area contributed by atoms with Crippen LogP contribution in [0.25, 0.3) is 5.70 Å². The van der Waals surface area contributed by atoms with Crippen molar-refractivity contribution in [2.24, 2.45) is 5.92 Å². The minimum absolute atomic E-state index is 0.208. The number of rotatable bonds is 17. The molecule has 160 valence electrons. The summed E-state index contributed by atoms with van der Waals surface area (Å²) in [6, 6.07) is 4.12. The lowest BCUT2D eigenvalue weighted by atomic mass is 9.93. The highest BCUT2D eigenvalue weighted by atomic mass is 32.1. The topological polar surface area (TPSA) is 20.3 Å². The Hall–Kier alpha value is -1.09. The lowest BCUT2D eigenvalue weighted by molar-refractivity contribution is -0.128. The van der Waals surface area contributed by atoms with Crippen molar-refractivity contribution in [3.8, 4) is 0 Å². The van der Waals surface area contributed by atoms with Crippen molar-refractivity contribution in [3.63, 3.8) is 0 Å². The van der Waals surface area contributed by atoms with Gasteiger partial charge >= 0.3 is 0 Å². The van der Waals surface area contributed by atoms with E-state index >= 15 is 0 Å². The standard InChI is InChI=1S/C25H43NOS/c1-5-8-10-12-13-15-18-23(17-14-11-9-6-2)21-26(25(27)7-3)22(4)24-19-16-20-28-24/h16,19-20,23H,4-15,17-18,21H2,1-3H3. The fourth-order valence-corrected chi connectivity index (χ4v) is 4.49. The van der Waals surface area contributed by atoms with E-state index < -0.39 is 0 Å². The fourth-order valence-electron chi connectivity index (χ4n) is 3.79. The highest BCUT2D eigenvalue weighted by Gasteiger charge is 2.21. The molecular weight excluding hydrogens is 362 g/mol. The third kappa shape index (κ3) is 9.91. The third-order valence-corrected chi connectivity index (χ3v) is 6.53. The molecule has 3 heteroatoms. The number of carbonyl (C=O) groups excluding carboxylic acids is 1. The summed E-state index contributed by atoms with van der Waals surface area (Å²) in [5, 5.41) is 2.06. The zero-order valence-corrected chi connectivity index (χ0v) is 19.5. The lowest BCUT2D eigenvalue weighted by Crippen LogP contribution is -2.33. The molecule has 0 aliphatic rings. The van der Waals surface area contributed by atoms with Crippen molar-refractivity contribution < 1.29 is 4.79 Å². The first-order valence-electron chi connectivity index (χ1n) is 11.7. The Kier molecular flexibility index (Phi) is 14.1. The Bertz CT molecular complexity index is 523. The molecular formula is C25H43NOS. The summed E-state index contributed by atoms with van der Waals surface area (Å²) in [4.78, 5) is 15.8. The Morgan fingerprint density at radius 3 is 2.07 bits per heavy atom. The second-order valence-corrected chi connectivity index (χ2v) is 9.00. The highest BCUT2D eigenvalue weighted by Crippen LogP contribution is 2.27. The normalized spacial score (nSPS) is 12.1. The van der Waals surface area contributed by atoms with Gasteiger partial charge in [-0.05, 0) is 30.2 Å². The molecule has 0 saturated carbocycles. The van der Waals surface area contributed by atoms with E-state index in [0.717, 1.165) is 17.1 Å². The van der Waals surface area contributed by atoms with Gasteiger partial charge in [0, 0.05) is 13.0 Å². The number of hydrogen-bond donors (Lipinski definition) is 0. The van der Waals surface area contributed by atoms with Crippen LogP contribution in [0.5, 0.6) is 0 Å². The Morgan fingerprint density at radius 1 is 0.964 bits per heavy atom. The van der Waals surface area contributed by atoms with E-state index in [1.807, 2.05) is 17.9 Å². The third-order valence-electron chi connectivity index (χ3n) is 5.61. The van der Waals surface area contributed by atoms with Crippen molar-refractivity contribution in [2.75, 3.05) is 6.54 Å². The predicted molar refractivity (Wildman–Crippen MR) is 126 cm³/mol. The number of thiophene rings is 1. The average Bonchev–Trinajstić information content (AvgIpc) is 3.25. The molecule has 1 rings (SSSR count). The Labute approximate surface area is 178 Å². The molecule has 0 fully saturated rings. The van der Waals surface area contributed by atoms with Gasteiger partial charge in [0.15, 0.2) is 0 Å². The van der Waals surface area contributed by atoms with Crippen LogP contribution in [0, 0.1) is 5.92 Å². The summed E-state index contributed by atoms with van der Waals surface area (Å²) in [6.45, 7) is 11.6.